The first-order valence-electron chi connectivity index (χ1n) is 4.62. The smallest absolute Gasteiger partial charge is 0.196 e. The van der Waals surface area contributed by atoms with Gasteiger partial charge < -0.3 is 0 Å². The van der Waals surface area contributed by atoms with Crippen LogP contribution in [0.15, 0.2) is 34.7 Å². The van der Waals surface area contributed by atoms with Gasteiger partial charge >= 0.3 is 6.18 Å². The Morgan fingerprint density at radius 1 is 1.22 bits per heavy atom. The molecule has 0 unspecified atom stereocenters. The van der Waals surface area contributed by atoms with Crippen molar-refractivity contribution >= 4 is 17.4 Å². The van der Waals surface area contributed by atoms with E-state index < -0.39 is 17.9 Å². The van der Waals surface area contributed by atoms with Crippen LogP contribution in [0.5, 0.6) is 0 Å². The van der Waals surface area contributed by atoms with Crippen LogP contribution in [-0.2, 0) is 17.6 Å². The molecule has 1 aromatic carbocycles. The number of alkyl halides is 3. The van der Waals surface area contributed by atoms with Gasteiger partial charge in [-0.25, -0.2) is 0 Å². The molecule has 2 rings (SSSR count). The zero-order chi connectivity index (χ0) is 13.2. The molecule has 0 N–H and O–H groups in total. The quantitative estimate of drug-likeness (QED) is 0.844. The standard InChI is InChI=1S/C9H5F3N4OS/c10-9(11,12)7-13-8(15-18-17)16(14-7)6-4-2-1-3-5-6/h1-5H. The van der Waals surface area contributed by atoms with E-state index in [1.807, 2.05) is 0 Å². The van der Waals surface area contributed by atoms with E-state index in [4.69, 9.17) is 0 Å². The van der Waals surface area contributed by atoms with Crippen LogP contribution in [0.25, 0.3) is 5.69 Å². The van der Waals surface area contributed by atoms with Gasteiger partial charge in [-0.1, -0.05) is 18.2 Å². The number of halogens is 3. The molecule has 0 aliphatic rings. The van der Waals surface area contributed by atoms with Gasteiger partial charge in [-0.3, -0.25) is 0 Å². The van der Waals surface area contributed by atoms with Crippen LogP contribution in [0.2, 0.25) is 0 Å². The molecule has 0 radical (unpaired) electrons. The average Bonchev–Trinajstić information content (AvgIpc) is 2.75. The fraction of sp³-hybridized carbons (Fsp3) is 0.111. The Morgan fingerprint density at radius 2 is 1.89 bits per heavy atom. The lowest BCUT2D eigenvalue weighted by atomic mass is 10.3. The Hall–Kier alpha value is -2.03. The van der Waals surface area contributed by atoms with E-state index in [9.17, 15) is 17.4 Å². The van der Waals surface area contributed by atoms with E-state index in [1.165, 1.54) is 12.1 Å². The monoisotopic (exact) mass is 274 g/mol. The van der Waals surface area contributed by atoms with Gasteiger partial charge in [0.05, 0.1) is 5.69 Å². The number of benzene rings is 1. The maximum atomic E-state index is 12.5. The topological polar surface area (TPSA) is 60.1 Å². The summed E-state index contributed by atoms with van der Waals surface area (Å²) in [6.45, 7) is 0. The van der Waals surface area contributed by atoms with Crippen molar-refractivity contribution in [2.24, 2.45) is 4.36 Å². The molecule has 0 saturated heterocycles. The zero-order valence-corrected chi connectivity index (χ0v) is 9.44. The van der Waals surface area contributed by atoms with Crippen molar-refractivity contribution in [3.05, 3.63) is 36.2 Å². The fourth-order valence-corrected chi connectivity index (χ4v) is 1.44. The van der Waals surface area contributed by atoms with Gasteiger partial charge in [0, 0.05) is 0 Å². The van der Waals surface area contributed by atoms with Crippen LogP contribution >= 0.6 is 0 Å². The van der Waals surface area contributed by atoms with Crippen molar-refractivity contribution in [3.63, 3.8) is 0 Å². The molecular weight excluding hydrogens is 269 g/mol. The first-order valence-corrected chi connectivity index (χ1v) is 5.32. The minimum Gasteiger partial charge on any atom is -0.196 e. The lowest BCUT2D eigenvalue weighted by molar-refractivity contribution is -0.144. The molecule has 2 aromatic rings. The van der Waals surface area contributed by atoms with Crippen molar-refractivity contribution in [1.82, 2.24) is 14.8 Å². The van der Waals surface area contributed by atoms with Gasteiger partial charge in [0.2, 0.25) is 11.5 Å². The fourth-order valence-electron chi connectivity index (χ4n) is 1.26. The highest BCUT2D eigenvalue weighted by Crippen LogP contribution is 2.29. The van der Waals surface area contributed by atoms with E-state index in [1.54, 1.807) is 18.2 Å². The van der Waals surface area contributed by atoms with Crippen molar-refractivity contribution in [2.75, 3.05) is 0 Å². The van der Waals surface area contributed by atoms with Crippen LogP contribution in [-0.4, -0.2) is 19.0 Å². The van der Waals surface area contributed by atoms with Crippen molar-refractivity contribution < 1.29 is 17.4 Å². The summed E-state index contributed by atoms with van der Waals surface area (Å²) in [5, 5.41) is 3.30. The third-order valence-electron chi connectivity index (χ3n) is 1.96. The molecule has 0 aliphatic carbocycles. The number of nitrogens with zero attached hydrogens (tertiary/aromatic N) is 4. The molecule has 0 fully saturated rings. The largest absolute Gasteiger partial charge is 0.453 e. The predicted octanol–water partition coefficient (Wildman–Crippen LogP) is 2.31. The number of rotatable bonds is 2. The van der Waals surface area contributed by atoms with E-state index in [0.29, 0.717) is 5.69 Å². The van der Waals surface area contributed by atoms with Gasteiger partial charge in [0.1, 0.15) is 0 Å². The summed E-state index contributed by atoms with van der Waals surface area (Å²) < 4.78 is 51.9. The van der Waals surface area contributed by atoms with Crippen LogP contribution in [0.1, 0.15) is 5.82 Å². The Labute approximate surface area is 103 Å². The molecule has 0 spiro atoms. The highest BCUT2D eigenvalue weighted by molar-refractivity contribution is 7.54. The third-order valence-corrected chi connectivity index (χ3v) is 2.20. The highest BCUT2D eigenvalue weighted by Gasteiger charge is 2.37. The predicted molar refractivity (Wildman–Crippen MR) is 56.6 cm³/mol. The van der Waals surface area contributed by atoms with Crippen LogP contribution in [0, 0.1) is 0 Å². The molecule has 0 aliphatic heterocycles. The number of hydrogen-bond donors (Lipinski definition) is 0. The molecule has 0 atom stereocenters. The molecule has 0 bridgehead atoms. The number of aromatic nitrogens is 3. The molecule has 5 nitrogen and oxygen atoms in total. The Bertz CT molecular complexity index is 604. The summed E-state index contributed by atoms with van der Waals surface area (Å²) in [7, 11) is 0. The Morgan fingerprint density at radius 3 is 2.44 bits per heavy atom. The molecule has 1 aromatic heterocycles. The number of hydrogen-bond acceptors (Lipinski definition) is 4. The van der Waals surface area contributed by atoms with Crippen LogP contribution < -0.4 is 0 Å². The highest BCUT2D eigenvalue weighted by atomic mass is 32.1. The SMILES string of the molecule is O=S=Nc1nc(C(F)(F)F)nn1-c1ccccc1. The Kier molecular flexibility index (Phi) is 3.24. The summed E-state index contributed by atoms with van der Waals surface area (Å²) in [4.78, 5) is 3.19. The molecule has 18 heavy (non-hydrogen) atoms. The molecular formula is C9H5F3N4OS. The second-order valence-electron chi connectivity index (χ2n) is 3.15. The van der Waals surface area contributed by atoms with Gasteiger partial charge in [0.25, 0.3) is 11.8 Å². The first-order chi connectivity index (χ1) is 8.52. The van der Waals surface area contributed by atoms with Crippen LogP contribution in [0.3, 0.4) is 0 Å². The lowest BCUT2D eigenvalue weighted by Gasteiger charge is -2.00. The summed E-state index contributed by atoms with van der Waals surface area (Å²) >= 11 is -0.228. The third kappa shape index (κ3) is 2.45. The second-order valence-corrected chi connectivity index (χ2v) is 3.48. The maximum absolute atomic E-state index is 12.5. The van der Waals surface area contributed by atoms with Crippen molar-refractivity contribution in [2.45, 2.75) is 6.18 Å². The summed E-state index contributed by atoms with van der Waals surface area (Å²) in [5.41, 5.74) is 0.341. The van der Waals surface area contributed by atoms with Gasteiger partial charge in [-0.05, 0) is 12.1 Å². The van der Waals surface area contributed by atoms with Gasteiger partial charge in [0.15, 0.2) is 0 Å². The normalized spacial score (nSPS) is 11.3. The Balaban J connectivity index is 2.59. The van der Waals surface area contributed by atoms with E-state index >= 15 is 0 Å². The minimum atomic E-state index is -4.68. The minimum absolute atomic E-state index is 0.228. The second kappa shape index (κ2) is 4.69. The summed E-state index contributed by atoms with van der Waals surface area (Å²) in [5.74, 6) is -1.73. The lowest BCUT2D eigenvalue weighted by Crippen LogP contribution is -2.08. The van der Waals surface area contributed by atoms with Crippen molar-refractivity contribution in [3.8, 4) is 5.69 Å². The summed E-state index contributed by atoms with van der Waals surface area (Å²) in [6.07, 6.45) is -4.68. The molecule has 0 amide bonds. The zero-order valence-electron chi connectivity index (χ0n) is 8.63. The maximum Gasteiger partial charge on any atom is 0.453 e. The van der Waals surface area contributed by atoms with E-state index in [0.717, 1.165) is 4.68 Å². The molecule has 9 heteroatoms. The van der Waals surface area contributed by atoms with E-state index in [2.05, 4.69) is 14.4 Å². The van der Waals surface area contributed by atoms with E-state index in [-0.39, 0.29) is 11.5 Å². The van der Waals surface area contributed by atoms with Gasteiger partial charge in [-0.2, -0.15) is 27.0 Å². The molecule has 1 heterocycles. The average molecular weight is 274 g/mol. The van der Waals surface area contributed by atoms with Crippen molar-refractivity contribution in [1.29, 1.82) is 0 Å². The molecule has 94 valence electrons. The molecule has 0 saturated carbocycles. The van der Waals surface area contributed by atoms with Gasteiger partial charge in [-0.15, -0.1) is 9.46 Å². The first kappa shape index (κ1) is 12.4. The van der Waals surface area contributed by atoms with Crippen LogP contribution in [0.4, 0.5) is 19.1 Å². The summed E-state index contributed by atoms with van der Waals surface area (Å²) in [6, 6.07) is 8.01. The number of para-hydroxylation sites is 1.